The van der Waals surface area contributed by atoms with E-state index in [4.69, 9.17) is 0 Å². The number of rotatable bonds is 2. The maximum absolute atomic E-state index is 3.91. The minimum Gasteiger partial charge on any atom is -0.348 e. The van der Waals surface area contributed by atoms with Crippen molar-refractivity contribution in [3.8, 4) is 0 Å². The Hall–Kier alpha value is -1.24. The third-order valence-electron chi connectivity index (χ3n) is 3.15. The molecule has 1 aliphatic rings. The molecule has 1 heterocycles. The molecule has 0 bridgehead atoms. The molecule has 0 radical (unpaired) electrons. The van der Waals surface area contributed by atoms with Crippen molar-refractivity contribution >= 4 is 0 Å². The molecule has 82 valence electrons. The predicted octanol–water partition coefficient (Wildman–Crippen LogP) is 4.02. The molecule has 0 saturated heterocycles. The van der Waals surface area contributed by atoms with Gasteiger partial charge in [-0.2, -0.15) is 0 Å². The lowest BCUT2D eigenvalue weighted by molar-refractivity contribution is 0.529. The maximum Gasteiger partial charge on any atom is 0.0434 e. The number of hydrogen-bond acceptors (Lipinski definition) is 1. The third kappa shape index (κ3) is 2.41. The molecule has 0 amide bonds. The predicted molar refractivity (Wildman–Crippen MR) is 67.4 cm³/mol. The van der Waals surface area contributed by atoms with Crippen LogP contribution in [0.5, 0.6) is 0 Å². The standard InChI is InChI=1S/C14H21N/c1-6-8-14-13(7-2)10-9-11(3)12(4)15(14)5/h6-8H,2,9-10H2,1,3-5H3/b8-6-. The summed E-state index contributed by atoms with van der Waals surface area (Å²) >= 11 is 0. The summed E-state index contributed by atoms with van der Waals surface area (Å²) in [5.74, 6) is 0. The summed E-state index contributed by atoms with van der Waals surface area (Å²) in [5, 5.41) is 0. The molecule has 0 saturated carbocycles. The topological polar surface area (TPSA) is 3.24 Å². The lowest BCUT2D eigenvalue weighted by Gasteiger charge is -2.22. The van der Waals surface area contributed by atoms with E-state index in [9.17, 15) is 0 Å². The minimum atomic E-state index is 1.09. The van der Waals surface area contributed by atoms with Gasteiger partial charge >= 0.3 is 0 Å². The Kier molecular flexibility index (Phi) is 3.96. The number of hydrogen-bond donors (Lipinski definition) is 0. The van der Waals surface area contributed by atoms with Crippen LogP contribution in [0.4, 0.5) is 0 Å². The fraction of sp³-hybridized carbons (Fsp3) is 0.429. The van der Waals surface area contributed by atoms with Gasteiger partial charge in [0.1, 0.15) is 0 Å². The average Bonchev–Trinajstić information content (AvgIpc) is 2.33. The molecular weight excluding hydrogens is 182 g/mol. The molecule has 0 aromatic heterocycles. The summed E-state index contributed by atoms with van der Waals surface area (Å²) in [4.78, 5) is 2.26. The zero-order valence-corrected chi connectivity index (χ0v) is 10.3. The summed E-state index contributed by atoms with van der Waals surface area (Å²) in [5.41, 5.74) is 5.45. The van der Waals surface area contributed by atoms with Gasteiger partial charge in [-0.15, -0.1) is 0 Å². The highest BCUT2D eigenvalue weighted by molar-refractivity contribution is 5.36. The van der Waals surface area contributed by atoms with Crippen LogP contribution in [0, 0.1) is 0 Å². The Morgan fingerprint density at radius 3 is 2.47 bits per heavy atom. The minimum absolute atomic E-state index is 1.09. The van der Waals surface area contributed by atoms with Crippen LogP contribution in [0.2, 0.25) is 0 Å². The Morgan fingerprint density at radius 1 is 1.27 bits per heavy atom. The van der Waals surface area contributed by atoms with Gasteiger partial charge in [-0.1, -0.05) is 24.3 Å². The zero-order valence-electron chi connectivity index (χ0n) is 10.3. The molecule has 1 heteroatoms. The van der Waals surface area contributed by atoms with Crippen molar-refractivity contribution in [2.24, 2.45) is 0 Å². The van der Waals surface area contributed by atoms with E-state index in [1.54, 1.807) is 0 Å². The fourth-order valence-corrected chi connectivity index (χ4v) is 1.90. The Balaban J connectivity index is 3.20. The molecule has 0 atom stereocenters. The second-order valence-electron chi connectivity index (χ2n) is 4.04. The van der Waals surface area contributed by atoms with Crippen LogP contribution < -0.4 is 0 Å². The molecule has 1 aliphatic heterocycles. The fourth-order valence-electron chi connectivity index (χ4n) is 1.90. The average molecular weight is 203 g/mol. The smallest absolute Gasteiger partial charge is 0.0434 e. The van der Waals surface area contributed by atoms with Gasteiger partial charge in [0.25, 0.3) is 0 Å². The van der Waals surface area contributed by atoms with Gasteiger partial charge in [0.05, 0.1) is 0 Å². The molecule has 1 nitrogen and oxygen atoms in total. The number of nitrogens with zero attached hydrogens (tertiary/aromatic N) is 1. The van der Waals surface area contributed by atoms with E-state index in [1.807, 2.05) is 6.08 Å². The lowest BCUT2D eigenvalue weighted by Crippen LogP contribution is -2.15. The molecule has 0 spiro atoms. The van der Waals surface area contributed by atoms with Crippen molar-refractivity contribution in [2.75, 3.05) is 7.05 Å². The molecule has 0 fully saturated rings. The van der Waals surface area contributed by atoms with Crippen LogP contribution in [-0.4, -0.2) is 11.9 Å². The first-order valence-electron chi connectivity index (χ1n) is 5.50. The van der Waals surface area contributed by atoms with Crippen molar-refractivity contribution < 1.29 is 0 Å². The summed E-state index contributed by atoms with van der Waals surface area (Å²) in [7, 11) is 2.13. The van der Waals surface area contributed by atoms with Crippen LogP contribution in [-0.2, 0) is 0 Å². The summed E-state index contributed by atoms with van der Waals surface area (Å²) in [6, 6.07) is 0. The normalized spacial score (nSPS) is 18.8. The van der Waals surface area contributed by atoms with Crippen LogP contribution in [0.3, 0.4) is 0 Å². The van der Waals surface area contributed by atoms with E-state index < -0.39 is 0 Å². The molecule has 15 heavy (non-hydrogen) atoms. The SMILES string of the molecule is C=CC1=C(/C=C\C)N(C)C(C)=C(C)CC1. The first-order chi connectivity index (χ1) is 7.11. The molecule has 0 N–H and O–H groups in total. The van der Waals surface area contributed by atoms with Crippen molar-refractivity contribution in [3.63, 3.8) is 0 Å². The molecule has 0 unspecified atom stereocenters. The first-order valence-corrected chi connectivity index (χ1v) is 5.50. The molecule has 0 aromatic rings. The Bertz CT molecular complexity index is 342. The van der Waals surface area contributed by atoms with Crippen LogP contribution in [0.1, 0.15) is 33.6 Å². The van der Waals surface area contributed by atoms with E-state index in [2.05, 4.69) is 51.4 Å². The van der Waals surface area contributed by atoms with E-state index in [0.717, 1.165) is 12.8 Å². The largest absolute Gasteiger partial charge is 0.348 e. The van der Waals surface area contributed by atoms with Gasteiger partial charge in [0.15, 0.2) is 0 Å². The van der Waals surface area contributed by atoms with E-state index in [1.165, 1.54) is 22.5 Å². The highest BCUT2D eigenvalue weighted by atomic mass is 15.1. The highest BCUT2D eigenvalue weighted by Gasteiger charge is 2.14. The molecule has 0 aliphatic carbocycles. The quantitative estimate of drug-likeness (QED) is 0.655. The van der Waals surface area contributed by atoms with Gasteiger partial charge < -0.3 is 4.90 Å². The Morgan fingerprint density at radius 2 is 1.93 bits per heavy atom. The van der Waals surface area contributed by atoms with Crippen molar-refractivity contribution in [3.05, 3.63) is 47.3 Å². The monoisotopic (exact) mass is 203 g/mol. The van der Waals surface area contributed by atoms with E-state index >= 15 is 0 Å². The Labute approximate surface area is 93.5 Å². The summed E-state index contributed by atoms with van der Waals surface area (Å²) in [6.45, 7) is 10.4. The molecule has 0 aromatic carbocycles. The van der Waals surface area contributed by atoms with Crippen molar-refractivity contribution in [2.45, 2.75) is 33.6 Å². The summed E-state index contributed by atoms with van der Waals surface area (Å²) < 4.78 is 0. The van der Waals surface area contributed by atoms with Crippen molar-refractivity contribution in [1.82, 2.24) is 4.90 Å². The van der Waals surface area contributed by atoms with E-state index in [-0.39, 0.29) is 0 Å². The molecule has 1 rings (SSSR count). The van der Waals surface area contributed by atoms with Crippen LogP contribution in [0.25, 0.3) is 0 Å². The van der Waals surface area contributed by atoms with Crippen LogP contribution >= 0.6 is 0 Å². The van der Waals surface area contributed by atoms with Gasteiger partial charge in [-0.05, 0) is 45.3 Å². The van der Waals surface area contributed by atoms with Gasteiger partial charge in [0.2, 0.25) is 0 Å². The van der Waals surface area contributed by atoms with Crippen molar-refractivity contribution in [1.29, 1.82) is 0 Å². The zero-order chi connectivity index (χ0) is 11.4. The summed E-state index contributed by atoms with van der Waals surface area (Å²) in [6.07, 6.45) is 8.47. The van der Waals surface area contributed by atoms with Gasteiger partial charge in [-0.3, -0.25) is 0 Å². The number of likely N-dealkylation sites (N-methyl/N-ethyl adjacent to an activating group) is 1. The van der Waals surface area contributed by atoms with Crippen LogP contribution in [0.15, 0.2) is 47.3 Å². The van der Waals surface area contributed by atoms with Gasteiger partial charge in [0, 0.05) is 18.4 Å². The first kappa shape index (κ1) is 11.8. The maximum atomic E-state index is 3.91. The van der Waals surface area contributed by atoms with Gasteiger partial charge in [-0.25, -0.2) is 0 Å². The highest BCUT2D eigenvalue weighted by Crippen LogP contribution is 2.28. The third-order valence-corrected chi connectivity index (χ3v) is 3.15. The number of allylic oxidation sites excluding steroid dienone is 6. The second kappa shape index (κ2) is 5.01. The van der Waals surface area contributed by atoms with E-state index in [0.29, 0.717) is 0 Å². The molecular formula is C14H21N. The second-order valence-corrected chi connectivity index (χ2v) is 4.04. The lowest BCUT2D eigenvalue weighted by atomic mass is 10.1.